The minimum Gasteiger partial charge on any atom is -0.304 e. The number of hydrogen-bond acceptors (Lipinski definition) is 4. The van der Waals surface area contributed by atoms with Crippen LogP contribution in [0.1, 0.15) is 12.0 Å². The number of primary sulfonamides is 1. The van der Waals surface area contributed by atoms with Crippen LogP contribution in [-0.4, -0.2) is 58.0 Å². The third kappa shape index (κ3) is 4.56. The zero-order valence-electron chi connectivity index (χ0n) is 12.0. The summed E-state index contributed by atoms with van der Waals surface area (Å²) >= 11 is 0. The van der Waals surface area contributed by atoms with Crippen molar-refractivity contribution < 1.29 is 8.42 Å². The highest BCUT2D eigenvalue weighted by atomic mass is 32.2. The molecule has 1 saturated heterocycles. The monoisotopic (exact) mass is 297 g/mol. The van der Waals surface area contributed by atoms with Gasteiger partial charge in [-0.05, 0) is 44.1 Å². The molecule has 0 amide bonds. The van der Waals surface area contributed by atoms with Crippen LogP contribution < -0.4 is 5.14 Å². The molecular weight excluding hydrogens is 274 g/mol. The molecule has 0 spiro atoms. The molecule has 2 N–H and O–H groups in total. The van der Waals surface area contributed by atoms with Crippen molar-refractivity contribution >= 4 is 10.0 Å². The zero-order chi connectivity index (χ0) is 14.6. The van der Waals surface area contributed by atoms with E-state index in [4.69, 9.17) is 5.14 Å². The van der Waals surface area contributed by atoms with Gasteiger partial charge in [0, 0.05) is 26.2 Å². The second kappa shape index (κ2) is 6.67. The summed E-state index contributed by atoms with van der Waals surface area (Å²) < 4.78 is 22.3. The summed E-state index contributed by atoms with van der Waals surface area (Å²) in [5.41, 5.74) is 1.16. The molecule has 0 atom stereocenters. The summed E-state index contributed by atoms with van der Waals surface area (Å²) in [5, 5.41) is 5.08. The third-order valence-corrected chi connectivity index (χ3v) is 4.72. The topological polar surface area (TPSA) is 66.6 Å². The molecule has 0 aromatic heterocycles. The fourth-order valence-electron chi connectivity index (χ4n) is 2.42. The Hall–Kier alpha value is -0.950. The van der Waals surface area contributed by atoms with Crippen LogP contribution in [0.3, 0.4) is 0 Å². The molecule has 0 saturated carbocycles. The number of aryl methyl sites for hydroxylation is 1. The second-order valence-corrected chi connectivity index (χ2v) is 7.00. The number of nitrogens with zero attached hydrogens (tertiary/aromatic N) is 2. The van der Waals surface area contributed by atoms with Crippen LogP contribution in [0.15, 0.2) is 29.2 Å². The first-order valence-electron chi connectivity index (χ1n) is 6.98. The minimum atomic E-state index is -3.58. The van der Waals surface area contributed by atoms with Crippen LogP contribution >= 0.6 is 0 Å². The van der Waals surface area contributed by atoms with Gasteiger partial charge in [-0.25, -0.2) is 13.6 Å². The van der Waals surface area contributed by atoms with Crippen LogP contribution in [0.5, 0.6) is 0 Å². The molecule has 1 fully saturated rings. The summed E-state index contributed by atoms with van der Waals surface area (Å²) in [6, 6.07) is 6.87. The highest BCUT2D eigenvalue weighted by molar-refractivity contribution is 7.89. The molecule has 1 heterocycles. The van der Waals surface area contributed by atoms with Crippen molar-refractivity contribution in [1.29, 1.82) is 0 Å². The first kappa shape index (κ1) is 15.4. The van der Waals surface area contributed by atoms with Crippen LogP contribution in [0.4, 0.5) is 0 Å². The molecule has 0 bridgehead atoms. The molecule has 1 aliphatic rings. The average molecular weight is 297 g/mol. The van der Waals surface area contributed by atoms with Crippen molar-refractivity contribution in [3.8, 4) is 0 Å². The first-order valence-corrected chi connectivity index (χ1v) is 8.52. The number of likely N-dealkylation sites (N-methyl/N-ethyl adjacent to an activating group) is 1. The lowest BCUT2D eigenvalue weighted by Crippen LogP contribution is -2.44. The number of piperazine rings is 1. The van der Waals surface area contributed by atoms with Gasteiger partial charge in [0.25, 0.3) is 0 Å². The molecule has 1 aromatic rings. The van der Waals surface area contributed by atoms with E-state index in [0.717, 1.165) is 51.1 Å². The molecular formula is C14H23N3O2S. The van der Waals surface area contributed by atoms with E-state index in [-0.39, 0.29) is 4.90 Å². The van der Waals surface area contributed by atoms with Crippen LogP contribution in [0.2, 0.25) is 0 Å². The maximum Gasteiger partial charge on any atom is 0.238 e. The highest BCUT2D eigenvalue weighted by Crippen LogP contribution is 2.11. The largest absolute Gasteiger partial charge is 0.304 e. The van der Waals surface area contributed by atoms with Crippen LogP contribution in [-0.2, 0) is 16.4 Å². The van der Waals surface area contributed by atoms with E-state index in [1.54, 1.807) is 12.1 Å². The van der Waals surface area contributed by atoms with Gasteiger partial charge in [0.2, 0.25) is 10.0 Å². The van der Waals surface area contributed by atoms with Crippen molar-refractivity contribution in [2.75, 3.05) is 39.8 Å². The van der Waals surface area contributed by atoms with E-state index >= 15 is 0 Å². The van der Waals surface area contributed by atoms with Gasteiger partial charge in [-0.1, -0.05) is 12.1 Å². The minimum absolute atomic E-state index is 0.181. The van der Waals surface area contributed by atoms with Gasteiger partial charge in [-0.2, -0.15) is 0 Å². The number of sulfonamides is 1. The Kier molecular flexibility index (Phi) is 5.15. The molecule has 6 heteroatoms. The normalized spacial score (nSPS) is 18.3. The fourth-order valence-corrected chi connectivity index (χ4v) is 2.94. The number of benzene rings is 1. The Bertz CT molecular complexity index is 520. The summed E-state index contributed by atoms with van der Waals surface area (Å²) in [6.45, 7) is 5.67. The summed E-state index contributed by atoms with van der Waals surface area (Å²) in [6.07, 6.45) is 2.07. The number of nitrogens with two attached hydrogens (primary N) is 1. The quantitative estimate of drug-likeness (QED) is 0.860. The predicted octanol–water partition coefficient (Wildman–Crippen LogP) is 0.514. The Labute approximate surface area is 121 Å². The lowest BCUT2D eigenvalue weighted by Gasteiger charge is -2.32. The van der Waals surface area contributed by atoms with Gasteiger partial charge in [0.1, 0.15) is 0 Å². The van der Waals surface area contributed by atoms with Gasteiger partial charge in [0.05, 0.1) is 4.90 Å². The van der Waals surface area contributed by atoms with E-state index < -0.39 is 10.0 Å². The molecule has 0 radical (unpaired) electrons. The van der Waals surface area contributed by atoms with Crippen molar-refractivity contribution in [3.05, 3.63) is 29.8 Å². The van der Waals surface area contributed by atoms with Crippen molar-refractivity contribution in [1.82, 2.24) is 9.80 Å². The Morgan fingerprint density at radius 3 is 2.25 bits per heavy atom. The van der Waals surface area contributed by atoms with Gasteiger partial charge in [0.15, 0.2) is 0 Å². The fraction of sp³-hybridized carbons (Fsp3) is 0.571. The maximum absolute atomic E-state index is 11.2. The number of hydrogen-bond donors (Lipinski definition) is 1. The van der Waals surface area contributed by atoms with Gasteiger partial charge in [-0.15, -0.1) is 0 Å². The third-order valence-electron chi connectivity index (χ3n) is 3.79. The Morgan fingerprint density at radius 2 is 1.70 bits per heavy atom. The first-order chi connectivity index (χ1) is 9.45. The van der Waals surface area contributed by atoms with E-state index in [2.05, 4.69) is 16.8 Å². The summed E-state index contributed by atoms with van der Waals surface area (Å²) in [5.74, 6) is 0. The smallest absolute Gasteiger partial charge is 0.238 e. The van der Waals surface area contributed by atoms with E-state index in [1.165, 1.54) is 0 Å². The predicted molar refractivity (Wildman–Crippen MR) is 80.1 cm³/mol. The highest BCUT2D eigenvalue weighted by Gasteiger charge is 2.13. The molecule has 0 unspecified atom stereocenters. The standard InChI is InChI=1S/C14H23N3O2S/c1-16-9-11-17(12-10-16)8-2-3-13-4-6-14(7-5-13)20(15,18)19/h4-7H,2-3,8-12H2,1H3,(H2,15,18,19). The molecule has 5 nitrogen and oxygen atoms in total. The lowest BCUT2D eigenvalue weighted by atomic mass is 10.1. The van der Waals surface area contributed by atoms with E-state index in [1.807, 2.05) is 12.1 Å². The van der Waals surface area contributed by atoms with E-state index in [0.29, 0.717) is 0 Å². The van der Waals surface area contributed by atoms with Gasteiger partial charge >= 0.3 is 0 Å². The SMILES string of the molecule is CN1CCN(CCCc2ccc(S(N)(=O)=O)cc2)CC1. The molecule has 20 heavy (non-hydrogen) atoms. The molecule has 0 aliphatic carbocycles. The molecule has 1 aromatic carbocycles. The summed E-state index contributed by atoms with van der Waals surface area (Å²) in [4.78, 5) is 5.02. The van der Waals surface area contributed by atoms with Crippen molar-refractivity contribution in [3.63, 3.8) is 0 Å². The zero-order valence-corrected chi connectivity index (χ0v) is 12.8. The lowest BCUT2D eigenvalue weighted by molar-refractivity contribution is 0.153. The molecule has 2 rings (SSSR count). The second-order valence-electron chi connectivity index (χ2n) is 5.44. The van der Waals surface area contributed by atoms with Gasteiger partial charge in [-0.3, -0.25) is 0 Å². The average Bonchev–Trinajstić information content (AvgIpc) is 2.41. The Morgan fingerprint density at radius 1 is 1.10 bits per heavy atom. The van der Waals surface area contributed by atoms with Crippen molar-refractivity contribution in [2.45, 2.75) is 17.7 Å². The molecule has 112 valence electrons. The van der Waals surface area contributed by atoms with Crippen LogP contribution in [0, 0.1) is 0 Å². The van der Waals surface area contributed by atoms with Gasteiger partial charge < -0.3 is 9.80 Å². The number of rotatable bonds is 5. The van der Waals surface area contributed by atoms with E-state index in [9.17, 15) is 8.42 Å². The maximum atomic E-state index is 11.2. The Balaban J connectivity index is 1.77. The van der Waals surface area contributed by atoms with Crippen LogP contribution in [0.25, 0.3) is 0 Å². The molecule has 1 aliphatic heterocycles. The summed E-state index contributed by atoms with van der Waals surface area (Å²) in [7, 11) is -1.42. The van der Waals surface area contributed by atoms with Crippen molar-refractivity contribution in [2.24, 2.45) is 5.14 Å².